The van der Waals surface area contributed by atoms with Gasteiger partial charge in [0.1, 0.15) is 11.5 Å². The summed E-state index contributed by atoms with van der Waals surface area (Å²) in [5.74, 6) is -0.953. The summed E-state index contributed by atoms with van der Waals surface area (Å²) in [5, 5.41) is 7.34. The van der Waals surface area contributed by atoms with Crippen molar-refractivity contribution in [3.63, 3.8) is 0 Å². The summed E-state index contributed by atoms with van der Waals surface area (Å²) in [6.07, 6.45) is 0. The van der Waals surface area contributed by atoms with E-state index in [2.05, 4.69) is 15.6 Å². The van der Waals surface area contributed by atoms with Crippen molar-refractivity contribution in [1.82, 2.24) is 10.3 Å². The van der Waals surface area contributed by atoms with Crippen LogP contribution in [0.3, 0.4) is 0 Å². The van der Waals surface area contributed by atoms with Crippen LogP contribution in [-0.2, 0) is 6.54 Å². The molecule has 0 aliphatic rings. The first kappa shape index (κ1) is 17.8. The van der Waals surface area contributed by atoms with E-state index >= 15 is 0 Å². The largest absolute Gasteiger partial charge is 0.347 e. The maximum absolute atomic E-state index is 12.9. The molecule has 132 valence electrons. The van der Waals surface area contributed by atoms with Crippen LogP contribution in [0.4, 0.5) is 9.52 Å². The van der Waals surface area contributed by atoms with Gasteiger partial charge < -0.3 is 5.32 Å². The molecule has 0 unspecified atom stereocenters. The lowest BCUT2D eigenvalue weighted by molar-refractivity contribution is 0.0945. The Kier molecular flexibility index (Phi) is 5.38. The van der Waals surface area contributed by atoms with Crippen molar-refractivity contribution in [1.29, 1.82) is 0 Å². The van der Waals surface area contributed by atoms with Gasteiger partial charge in [-0.3, -0.25) is 14.9 Å². The van der Waals surface area contributed by atoms with Crippen molar-refractivity contribution in [2.24, 2.45) is 0 Å². The molecule has 0 aliphatic carbocycles. The van der Waals surface area contributed by atoms with E-state index in [0.717, 1.165) is 11.1 Å². The molecule has 1 heterocycles. The van der Waals surface area contributed by atoms with Gasteiger partial charge in [0.2, 0.25) is 0 Å². The quantitative estimate of drug-likeness (QED) is 0.719. The SMILES string of the molecule is Cc1ccccc1C(=O)Nc1nc(C(=O)NCc2ccc(F)cc2)cs1. The molecule has 3 aromatic rings. The summed E-state index contributed by atoms with van der Waals surface area (Å²) < 4.78 is 12.9. The molecule has 2 aromatic carbocycles. The number of anilines is 1. The van der Waals surface area contributed by atoms with Crippen molar-refractivity contribution in [3.05, 3.63) is 82.1 Å². The molecule has 0 atom stereocenters. The number of nitrogens with one attached hydrogen (secondary N) is 2. The molecule has 7 heteroatoms. The summed E-state index contributed by atoms with van der Waals surface area (Å²) in [6, 6.07) is 13.1. The third kappa shape index (κ3) is 4.31. The maximum atomic E-state index is 12.9. The number of carbonyl (C=O) groups is 2. The normalized spacial score (nSPS) is 10.4. The predicted octanol–water partition coefficient (Wildman–Crippen LogP) is 3.77. The van der Waals surface area contributed by atoms with Crippen LogP contribution in [0.5, 0.6) is 0 Å². The van der Waals surface area contributed by atoms with Crippen LogP contribution in [0.2, 0.25) is 0 Å². The van der Waals surface area contributed by atoms with Crippen molar-refractivity contribution in [3.8, 4) is 0 Å². The molecule has 0 saturated carbocycles. The molecule has 3 rings (SSSR count). The lowest BCUT2D eigenvalue weighted by Gasteiger charge is -2.05. The Labute approximate surface area is 153 Å². The van der Waals surface area contributed by atoms with Gasteiger partial charge in [-0.1, -0.05) is 30.3 Å². The van der Waals surface area contributed by atoms with Crippen molar-refractivity contribution in [2.75, 3.05) is 5.32 Å². The van der Waals surface area contributed by atoms with Gasteiger partial charge >= 0.3 is 0 Å². The number of amides is 2. The Hall–Kier alpha value is -3.06. The van der Waals surface area contributed by atoms with Crippen molar-refractivity contribution >= 4 is 28.3 Å². The Balaban J connectivity index is 1.60. The number of halogens is 1. The average molecular weight is 369 g/mol. The molecule has 2 amide bonds. The summed E-state index contributed by atoms with van der Waals surface area (Å²) in [6.45, 7) is 2.12. The number of hydrogen-bond donors (Lipinski definition) is 2. The average Bonchev–Trinajstić information content (AvgIpc) is 3.10. The minimum absolute atomic E-state index is 0.220. The predicted molar refractivity (Wildman–Crippen MR) is 98.8 cm³/mol. The summed E-state index contributed by atoms with van der Waals surface area (Å²) in [4.78, 5) is 28.6. The Bertz CT molecular complexity index is 938. The van der Waals surface area contributed by atoms with Gasteiger partial charge in [0.05, 0.1) is 0 Å². The molecule has 26 heavy (non-hydrogen) atoms. The molecule has 0 fully saturated rings. The zero-order chi connectivity index (χ0) is 18.5. The maximum Gasteiger partial charge on any atom is 0.271 e. The number of hydrogen-bond acceptors (Lipinski definition) is 4. The molecule has 2 N–H and O–H groups in total. The Morgan fingerprint density at radius 1 is 1.08 bits per heavy atom. The first-order chi connectivity index (χ1) is 12.5. The third-order valence-electron chi connectivity index (χ3n) is 3.71. The fourth-order valence-corrected chi connectivity index (χ4v) is 2.99. The molecule has 0 aliphatic heterocycles. The number of aryl methyl sites for hydroxylation is 1. The van der Waals surface area contributed by atoms with E-state index in [1.54, 1.807) is 29.6 Å². The van der Waals surface area contributed by atoms with Crippen LogP contribution in [-0.4, -0.2) is 16.8 Å². The molecule has 0 spiro atoms. The second-order valence-corrected chi connectivity index (χ2v) is 6.47. The Morgan fingerprint density at radius 3 is 2.54 bits per heavy atom. The van der Waals surface area contributed by atoms with Gasteiger partial charge in [-0.25, -0.2) is 9.37 Å². The van der Waals surface area contributed by atoms with Crippen LogP contribution >= 0.6 is 11.3 Å². The van der Waals surface area contributed by atoms with E-state index in [-0.39, 0.29) is 29.9 Å². The molecular formula is C19H16FN3O2S. The molecule has 1 aromatic heterocycles. The van der Waals surface area contributed by atoms with Gasteiger partial charge in [-0.05, 0) is 36.2 Å². The van der Waals surface area contributed by atoms with E-state index in [0.29, 0.717) is 10.7 Å². The second kappa shape index (κ2) is 7.88. The monoisotopic (exact) mass is 369 g/mol. The fraction of sp³-hybridized carbons (Fsp3) is 0.105. The second-order valence-electron chi connectivity index (χ2n) is 5.62. The van der Waals surface area contributed by atoms with Crippen LogP contribution in [0, 0.1) is 12.7 Å². The number of nitrogens with zero attached hydrogens (tertiary/aromatic N) is 1. The van der Waals surface area contributed by atoms with E-state index < -0.39 is 0 Å². The van der Waals surface area contributed by atoms with E-state index in [1.807, 2.05) is 19.1 Å². The first-order valence-corrected chi connectivity index (χ1v) is 8.76. The summed E-state index contributed by atoms with van der Waals surface area (Å²) >= 11 is 1.18. The molecule has 5 nitrogen and oxygen atoms in total. The van der Waals surface area contributed by atoms with Gasteiger partial charge in [0.15, 0.2) is 5.13 Å². The van der Waals surface area contributed by atoms with Crippen LogP contribution in [0.15, 0.2) is 53.9 Å². The topological polar surface area (TPSA) is 71.1 Å². The standard InChI is InChI=1S/C19H16FN3O2S/c1-12-4-2-3-5-15(12)17(24)23-19-22-16(11-26-19)18(25)21-10-13-6-8-14(20)9-7-13/h2-9,11H,10H2,1H3,(H,21,25)(H,22,23,24). The van der Waals surface area contributed by atoms with Crippen molar-refractivity contribution in [2.45, 2.75) is 13.5 Å². The molecule has 0 bridgehead atoms. The van der Waals surface area contributed by atoms with Gasteiger partial charge in [0.25, 0.3) is 11.8 Å². The third-order valence-corrected chi connectivity index (χ3v) is 4.47. The van der Waals surface area contributed by atoms with E-state index in [4.69, 9.17) is 0 Å². The van der Waals surface area contributed by atoms with Crippen LogP contribution in [0.25, 0.3) is 0 Å². The number of benzene rings is 2. The van der Waals surface area contributed by atoms with E-state index in [9.17, 15) is 14.0 Å². The summed E-state index contributed by atoms with van der Waals surface area (Å²) in [7, 11) is 0. The zero-order valence-corrected chi connectivity index (χ0v) is 14.8. The fourth-order valence-electron chi connectivity index (χ4n) is 2.30. The highest BCUT2D eigenvalue weighted by Gasteiger charge is 2.14. The lowest BCUT2D eigenvalue weighted by atomic mass is 10.1. The zero-order valence-electron chi connectivity index (χ0n) is 14.0. The minimum Gasteiger partial charge on any atom is -0.347 e. The highest BCUT2D eigenvalue weighted by atomic mass is 32.1. The molecular weight excluding hydrogens is 353 g/mol. The van der Waals surface area contributed by atoms with E-state index in [1.165, 1.54) is 23.5 Å². The Morgan fingerprint density at radius 2 is 1.81 bits per heavy atom. The van der Waals surface area contributed by atoms with Crippen LogP contribution in [0.1, 0.15) is 32.0 Å². The van der Waals surface area contributed by atoms with Crippen LogP contribution < -0.4 is 10.6 Å². The number of rotatable bonds is 5. The number of carbonyl (C=O) groups excluding carboxylic acids is 2. The van der Waals surface area contributed by atoms with Gasteiger partial charge in [0, 0.05) is 17.5 Å². The minimum atomic E-state index is -0.359. The van der Waals surface area contributed by atoms with Crippen molar-refractivity contribution < 1.29 is 14.0 Å². The summed E-state index contributed by atoms with van der Waals surface area (Å²) in [5.41, 5.74) is 2.42. The molecule has 0 radical (unpaired) electrons. The number of aromatic nitrogens is 1. The van der Waals surface area contributed by atoms with Gasteiger partial charge in [-0.2, -0.15) is 0 Å². The molecule has 0 saturated heterocycles. The number of thiazole rings is 1. The lowest BCUT2D eigenvalue weighted by Crippen LogP contribution is -2.23. The van der Waals surface area contributed by atoms with Gasteiger partial charge in [-0.15, -0.1) is 11.3 Å². The highest BCUT2D eigenvalue weighted by Crippen LogP contribution is 2.17. The smallest absolute Gasteiger partial charge is 0.271 e. The first-order valence-electron chi connectivity index (χ1n) is 7.88. The highest BCUT2D eigenvalue weighted by molar-refractivity contribution is 7.14.